The van der Waals surface area contributed by atoms with E-state index >= 15 is 0 Å². The molecule has 0 bridgehead atoms. The summed E-state index contributed by atoms with van der Waals surface area (Å²) in [6.45, 7) is 7.64. The standard InChI is InChI=1S/C25H25N3O3S2/c1-16(2)33(30,31)21-7-5-6-20(14-21)24(29)28(15-19-8-10-26-11-9-19)25-27-22-12-17(3)18(4)13-23(22)32-25/h5-14,16H,15H2,1-4H3. The molecule has 0 aliphatic carbocycles. The fraction of sp³-hybridized carbons (Fsp3) is 0.240. The first-order chi connectivity index (χ1) is 15.7. The first-order valence-electron chi connectivity index (χ1n) is 10.6. The fourth-order valence-electron chi connectivity index (χ4n) is 3.41. The zero-order valence-electron chi connectivity index (χ0n) is 18.9. The van der Waals surface area contributed by atoms with Gasteiger partial charge in [-0.25, -0.2) is 13.4 Å². The van der Waals surface area contributed by atoms with Gasteiger partial charge in [0.1, 0.15) is 0 Å². The van der Waals surface area contributed by atoms with Crippen LogP contribution in [0.3, 0.4) is 0 Å². The van der Waals surface area contributed by atoms with Gasteiger partial charge in [-0.3, -0.25) is 14.7 Å². The van der Waals surface area contributed by atoms with E-state index in [0.717, 1.165) is 26.9 Å². The molecular weight excluding hydrogens is 454 g/mol. The SMILES string of the molecule is Cc1cc2nc(N(Cc3ccncc3)C(=O)c3cccc(S(=O)(=O)C(C)C)c3)sc2cc1C. The van der Waals surface area contributed by atoms with Gasteiger partial charge in [0.15, 0.2) is 15.0 Å². The summed E-state index contributed by atoms with van der Waals surface area (Å²) >= 11 is 1.45. The highest BCUT2D eigenvalue weighted by Crippen LogP contribution is 2.32. The zero-order chi connectivity index (χ0) is 23.8. The number of benzene rings is 2. The molecule has 2 aromatic heterocycles. The van der Waals surface area contributed by atoms with Crippen LogP contribution in [0.2, 0.25) is 0 Å². The lowest BCUT2D eigenvalue weighted by Gasteiger charge is -2.20. The van der Waals surface area contributed by atoms with Crippen molar-refractivity contribution in [3.05, 3.63) is 83.2 Å². The number of thiazole rings is 1. The van der Waals surface area contributed by atoms with Gasteiger partial charge in [0, 0.05) is 18.0 Å². The molecule has 2 heterocycles. The molecule has 170 valence electrons. The molecule has 8 heteroatoms. The van der Waals surface area contributed by atoms with Crippen LogP contribution >= 0.6 is 11.3 Å². The Morgan fingerprint density at radius 3 is 2.42 bits per heavy atom. The van der Waals surface area contributed by atoms with Gasteiger partial charge in [0.25, 0.3) is 5.91 Å². The maximum Gasteiger partial charge on any atom is 0.260 e. The summed E-state index contributed by atoms with van der Waals surface area (Å²) in [5, 5.41) is -0.0135. The highest BCUT2D eigenvalue weighted by Gasteiger charge is 2.25. The van der Waals surface area contributed by atoms with Crippen LogP contribution in [0.1, 0.15) is 40.9 Å². The van der Waals surface area contributed by atoms with Crippen molar-refractivity contribution in [1.29, 1.82) is 0 Å². The second-order valence-electron chi connectivity index (χ2n) is 8.27. The van der Waals surface area contributed by atoms with Gasteiger partial charge in [-0.05, 0) is 86.8 Å². The number of hydrogen-bond donors (Lipinski definition) is 0. The predicted molar refractivity (Wildman–Crippen MR) is 133 cm³/mol. The van der Waals surface area contributed by atoms with Crippen LogP contribution in [0.4, 0.5) is 5.13 Å². The Morgan fingerprint density at radius 1 is 1.03 bits per heavy atom. The largest absolute Gasteiger partial charge is 0.279 e. The Bertz CT molecular complexity index is 1390. The predicted octanol–water partition coefficient (Wildman–Crippen LogP) is 5.34. The van der Waals surface area contributed by atoms with Crippen molar-refractivity contribution in [2.45, 2.75) is 44.4 Å². The number of anilines is 1. The van der Waals surface area contributed by atoms with E-state index in [1.165, 1.54) is 23.5 Å². The van der Waals surface area contributed by atoms with E-state index in [1.54, 1.807) is 43.3 Å². The van der Waals surface area contributed by atoms with Crippen LogP contribution in [0.5, 0.6) is 0 Å². The molecular formula is C25H25N3O3S2. The van der Waals surface area contributed by atoms with Crippen molar-refractivity contribution in [3.63, 3.8) is 0 Å². The highest BCUT2D eigenvalue weighted by atomic mass is 32.2. The fourth-order valence-corrected chi connectivity index (χ4v) is 5.56. The van der Waals surface area contributed by atoms with Crippen LogP contribution in [0.25, 0.3) is 10.2 Å². The normalized spacial score (nSPS) is 11.8. The van der Waals surface area contributed by atoms with Crippen LogP contribution in [0, 0.1) is 13.8 Å². The molecule has 0 fully saturated rings. The summed E-state index contributed by atoms with van der Waals surface area (Å²) in [6, 6.07) is 14.0. The molecule has 0 radical (unpaired) electrons. The number of nitrogens with zero attached hydrogens (tertiary/aromatic N) is 3. The van der Waals surface area contributed by atoms with E-state index in [-0.39, 0.29) is 10.8 Å². The molecule has 0 spiro atoms. The molecule has 6 nitrogen and oxygen atoms in total. The first-order valence-corrected chi connectivity index (χ1v) is 13.0. The number of sulfone groups is 1. The van der Waals surface area contributed by atoms with Gasteiger partial charge < -0.3 is 0 Å². The number of pyridine rings is 1. The molecule has 0 atom stereocenters. The smallest absolute Gasteiger partial charge is 0.260 e. The third-order valence-corrected chi connectivity index (χ3v) is 8.78. The van der Waals surface area contributed by atoms with Crippen molar-refractivity contribution < 1.29 is 13.2 Å². The van der Waals surface area contributed by atoms with Crippen LogP contribution in [0.15, 0.2) is 65.8 Å². The second kappa shape index (κ2) is 9.03. The molecule has 4 rings (SSSR count). The minimum absolute atomic E-state index is 0.141. The highest BCUT2D eigenvalue weighted by molar-refractivity contribution is 7.92. The molecule has 1 amide bonds. The average Bonchev–Trinajstić information content (AvgIpc) is 3.20. The lowest BCUT2D eigenvalue weighted by molar-refractivity contribution is 0.0985. The number of rotatable bonds is 6. The quantitative estimate of drug-likeness (QED) is 0.373. The van der Waals surface area contributed by atoms with Crippen LogP contribution < -0.4 is 4.90 Å². The summed E-state index contributed by atoms with van der Waals surface area (Å²) in [6.07, 6.45) is 3.36. The Kier molecular flexibility index (Phi) is 6.32. The Balaban J connectivity index is 1.80. The first kappa shape index (κ1) is 23.1. The molecule has 4 aromatic rings. The number of hydrogen-bond acceptors (Lipinski definition) is 6. The minimum Gasteiger partial charge on any atom is -0.279 e. The second-order valence-corrected chi connectivity index (χ2v) is 11.8. The summed E-state index contributed by atoms with van der Waals surface area (Å²) in [7, 11) is -3.50. The molecule has 0 saturated heterocycles. The van der Waals surface area contributed by atoms with E-state index in [1.807, 2.05) is 25.1 Å². The molecule has 0 unspecified atom stereocenters. The van der Waals surface area contributed by atoms with Crippen LogP contribution in [-0.4, -0.2) is 29.5 Å². The number of fused-ring (bicyclic) bond motifs is 1. The Labute approximate surface area is 197 Å². The Morgan fingerprint density at radius 2 is 1.73 bits per heavy atom. The van der Waals surface area contributed by atoms with Crippen molar-refractivity contribution in [3.8, 4) is 0 Å². The minimum atomic E-state index is -3.50. The van der Waals surface area contributed by atoms with Gasteiger partial charge in [0.05, 0.1) is 26.9 Å². The van der Waals surface area contributed by atoms with Gasteiger partial charge in [0.2, 0.25) is 0 Å². The number of carbonyl (C=O) groups is 1. The number of aryl methyl sites for hydroxylation is 2. The third kappa shape index (κ3) is 4.67. The number of aromatic nitrogens is 2. The van der Waals surface area contributed by atoms with E-state index in [2.05, 4.69) is 18.0 Å². The topological polar surface area (TPSA) is 80.2 Å². The lowest BCUT2D eigenvalue weighted by atomic mass is 10.1. The van der Waals surface area contributed by atoms with Gasteiger partial charge in [-0.15, -0.1) is 0 Å². The van der Waals surface area contributed by atoms with E-state index < -0.39 is 15.1 Å². The van der Waals surface area contributed by atoms with Gasteiger partial charge in [-0.2, -0.15) is 0 Å². The molecule has 0 N–H and O–H groups in total. The van der Waals surface area contributed by atoms with E-state index in [9.17, 15) is 13.2 Å². The lowest BCUT2D eigenvalue weighted by Crippen LogP contribution is -2.30. The van der Waals surface area contributed by atoms with Crippen molar-refractivity contribution in [2.75, 3.05) is 4.90 Å². The Hall–Kier alpha value is -3.10. The molecule has 0 saturated carbocycles. The van der Waals surface area contributed by atoms with Crippen molar-refractivity contribution >= 4 is 42.4 Å². The van der Waals surface area contributed by atoms with E-state index in [4.69, 9.17) is 4.98 Å². The number of amides is 1. The zero-order valence-corrected chi connectivity index (χ0v) is 20.6. The molecule has 33 heavy (non-hydrogen) atoms. The third-order valence-electron chi connectivity index (χ3n) is 5.59. The molecule has 0 aliphatic heterocycles. The van der Waals surface area contributed by atoms with Gasteiger partial charge in [-0.1, -0.05) is 17.4 Å². The molecule has 0 aliphatic rings. The average molecular weight is 480 g/mol. The van der Waals surface area contributed by atoms with Gasteiger partial charge >= 0.3 is 0 Å². The van der Waals surface area contributed by atoms with Crippen LogP contribution in [-0.2, 0) is 16.4 Å². The maximum atomic E-state index is 13.7. The summed E-state index contributed by atoms with van der Waals surface area (Å²) in [5.74, 6) is -0.305. The number of carbonyl (C=O) groups excluding carboxylic acids is 1. The maximum absolute atomic E-state index is 13.7. The van der Waals surface area contributed by atoms with E-state index in [0.29, 0.717) is 17.2 Å². The van der Waals surface area contributed by atoms with Crippen molar-refractivity contribution in [1.82, 2.24) is 9.97 Å². The monoisotopic (exact) mass is 479 g/mol. The van der Waals surface area contributed by atoms with Crippen molar-refractivity contribution in [2.24, 2.45) is 0 Å². The molecule has 2 aromatic carbocycles. The summed E-state index contributed by atoms with van der Waals surface area (Å²) < 4.78 is 26.4. The summed E-state index contributed by atoms with van der Waals surface area (Å²) in [4.78, 5) is 24.2. The summed E-state index contributed by atoms with van der Waals surface area (Å²) in [5.41, 5.74) is 4.34.